The van der Waals surface area contributed by atoms with Gasteiger partial charge in [-0.2, -0.15) is 8.78 Å². The molecule has 1 aromatic rings. The Morgan fingerprint density at radius 2 is 2.23 bits per heavy atom. The Labute approximate surface area is 146 Å². The molecule has 10 heteroatoms. The van der Waals surface area contributed by atoms with Crippen molar-refractivity contribution in [1.82, 2.24) is 10.6 Å². The Bertz CT molecular complexity index is 531. The predicted molar refractivity (Wildman–Crippen MR) is 86.4 cm³/mol. The van der Waals surface area contributed by atoms with Gasteiger partial charge in [0.2, 0.25) is 5.91 Å². The Morgan fingerprint density at radius 1 is 1.50 bits per heavy atom. The van der Waals surface area contributed by atoms with E-state index in [9.17, 15) is 13.6 Å². The molecular weight excluding hydrogens is 381 g/mol. The van der Waals surface area contributed by atoms with Crippen LogP contribution in [0.1, 0.15) is 5.56 Å². The quantitative estimate of drug-likeness (QED) is 0.806. The molecule has 22 heavy (non-hydrogen) atoms. The van der Waals surface area contributed by atoms with E-state index in [0.29, 0.717) is 17.2 Å². The summed E-state index contributed by atoms with van der Waals surface area (Å²) in [5.41, 5.74) is 0.298. The van der Waals surface area contributed by atoms with Crippen LogP contribution in [0.5, 0.6) is 5.75 Å². The lowest BCUT2D eigenvalue weighted by Crippen LogP contribution is -2.41. The number of carbonyl (C=O) groups is 1. The molecule has 2 rings (SSSR count). The molecule has 1 aliphatic rings. The van der Waals surface area contributed by atoms with E-state index in [1.165, 1.54) is 12.1 Å². The van der Waals surface area contributed by atoms with E-state index in [0.717, 1.165) is 0 Å². The molecule has 0 saturated carbocycles. The van der Waals surface area contributed by atoms with E-state index in [1.54, 1.807) is 11.8 Å². The molecule has 1 heterocycles. The second kappa shape index (κ2) is 8.98. The summed E-state index contributed by atoms with van der Waals surface area (Å²) in [5.74, 6) is 0.993. The molecule has 1 unspecified atom stereocenters. The zero-order chi connectivity index (χ0) is 15.4. The second-order valence-corrected chi connectivity index (χ2v) is 6.12. The summed E-state index contributed by atoms with van der Waals surface area (Å²) in [7, 11) is 0. The van der Waals surface area contributed by atoms with Crippen molar-refractivity contribution in [2.75, 3.05) is 11.6 Å². The first kappa shape index (κ1) is 19.6. The number of halogens is 5. The number of benzene rings is 1. The van der Waals surface area contributed by atoms with Crippen molar-refractivity contribution in [3.8, 4) is 5.75 Å². The number of nitrogens with one attached hydrogen (secondary N) is 2. The highest BCUT2D eigenvalue weighted by Crippen LogP contribution is 2.33. The van der Waals surface area contributed by atoms with Gasteiger partial charge < -0.3 is 10.1 Å². The van der Waals surface area contributed by atoms with Crippen LogP contribution in [0, 0.1) is 0 Å². The monoisotopic (exact) mass is 392 g/mol. The molecule has 1 aliphatic heterocycles. The Hall–Kier alpha value is -0.470. The van der Waals surface area contributed by atoms with Gasteiger partial charge in [-0.05, 0) is 12.1 Å². The van der Waals surface area contributed by atoms with E-state index in [2.05, 4.69) is 15.4 Å². The van der Waals surface area contributed by atoms with E-state index >= 15 is 0 Å². The van der Waals surface area contributed by atoms with Crippen molar-refractivity contribution in [2.24, 2.45) is 0 Å². The third-order valence-electron chi connectivity index (χ3n) is 2.78. The molecule has 124 valence electrons. The number of ether oxygens (including phenoxy) is 1. The van der Waals surface area contributed by atoms with Gasteiger partial charge in [-0.15, -0.1) is 24.2 Å². The second-order valence-electron chi connectivity index (χ2n) is 4.24. The van der Waals surface area contributed by atoms with Gasteiger partial charge in [0.15, 0.2) is 0 Å². The number of hydrogen-bond acceptors (Lipinski definition) is 4. The standard InChI is InChI=1S/C12H12Cl2F2N2O2S.ClH/c13-7-1-6(10(8(14)2-7)20-12(15)16)3-17-11(19)9-4-21-5-18-9;/h1-2,9,12,18H,3-5H2,(H,17,19);1H. The largest absolute Gasteiger partial charge is 0.433 e. The van der Waals surface area contributed by atoms with Crippen molar-refractivity contribution in [3.63, 3.8) is 0 Å². The van der Waals surface area contributed by atoms with Crippen molar-refractivity contribution >= 4 is 53.3 Å². The van der Waals surface area contributed by atoms with Gasteiger partial charge in [0.05, 0.1) is 11.1 Å². The number of amides is 1. The summed E-state index contributed by atoms with van der Waals surface area (Å²) in [5, 5.41) is 5.91. The minimum absolute atomic E-state index is 0. The third-order valence-corrected chi connectivity index (χ3v) is 4.22. The fourth-order valence-electron chi connectivity index (χ4n) is 1.84. The maximum Gasteiger partial charge on any atom is 0.387 e. The molecule has 0 aliphatic carbocycles. The van der Waals surface area contributed by atoms with Gasteiger partial charge in [-0.25, -0.2) is 0 Å². The molecule has 1 saturated heterocycles. The van der Waals surface area contributed by atoms with Crippen LogP contribution in [0.2, 0.25) is 10.0 Å². The van der Waals surface area contributed by atoms with Crippen LogP contribution < -0.4 is 15.4 Å². The summed E-state index contributed by atoms with van der Waals surface area (Å²) >= 11 is 13.3. The van der Waals surface area contributed by atoms with Gasteiger partial charge in [-0.3, -0.25) is 10.1 Å². The highest BCUT2D eigenvalue weighted by atomic mass is 35.5. The number of carbonyl (C=O) groups excluding carboxylic acids is 1. The maximum absolute atomic E-state index is 12.4. The molecule has 1 amide bonds. The molecule has 0 radical (unpaired) electrons. The van der Waals surface area contributed by atoms with Crippen molar-refractivity contribution in [3.05, 3.63) is 27.7 Å². The van der Waals surface area contributed by atoms with E-state index in [4.69, 9.17) is 23.2 Å². The van der Waals surface area contributed by atoms with Gasteiger partial charge in [0.25, 0.3) is 0 Å². The van der Waals surface area contributed by atoms with Crippen LogP contribution in [-0.4, -0.2) is 30.2 Å². The number of thioether (sulfide) groups is 1. The average molecular weight is 394 g/mol. The van der Waals surface area contributed by atoms with E-state index < -0.39 is 6.61 Å². The van der Waals surface area contributed by atoms with Crippen LogP contribution in [0.15, 0.2) is 12.1 Å². The molecular formula is C12H13Cl3F2N2O2S. The fraction of sp³-hybridized carbons (Fsp3) is 0.417. The first-order chi connectivity index (χ1) is 9.97. The molecule has 1 atom stereocenters. The SMILES string of the molecule is Cl.O=C(NCc1cc(Cl)cc(Cl)c1OC(F)F)C1CSCN1. The Balaban J connectivity index is 0.00000242. The lowest BCUT2D eigenvalue weighted by atomic mass is 10.2. The predicted octanol–water partition coefficient (Wildman–Crippen LogP) is 3.30. The number of hydrogen-bond donors (Lipinski definition) is 2. The zero-order valence-corrected chi connectivity index (χ0v) is 14.2. The number of rotatable bonds is 5. The van der Waals surface area contributed by atoms with Crippen molar-refractivity contribution < 1.29 is 18.3 Å². The molecule has 4 nitrogen and oxygen atoms in total. The topological polar surface area (TPSA) is 50.4 Å². The minimum atomic E-state index is -3.01. The molecule has 1 aromatic carbocycles. The van der Waals surface area contributed by atoms with Gasteiger partial charge in [0.1, 0.15) is 5.75 Å². The maximum atomic E-state index is 12.4. The zero-order valence-electron chi connectivity index (χ0n) is 11.1. The van der Waals surface area contributed by atoms with Crippen molar-refractivity contribution in [2.45, 2.75) is 19.2 Å². The van der Waals surface area contributed by atoms with Crippen LogP contribution >= 0.6 is 47.4 Å². The van der Waals surface area contributed by atoms with Crippen LogP contribution in [0.4, 0.5) is 8.78 Å². The van der Waals surface area contributed by atoms with Crippen molar-refractivity contribution in [1.29, 1.82) is 0 Å². The van der Waals surface area contributed by atoms with E-state index in [1.807, 2.05) is 0 Å². The van der Waals surface area contributed by atoms with Crippen LogP contribution in [0.25, 0.3) is 0 Å². The lowest BCUT2D eigenvalue weighted by molar-refractivity contribution is -0.122. The third kappa shape index (κ3) is 5.31. The number of alkyl halides is 2. The highest BCUT2D eigenvalue weighted by molar-refractivity contribution is 7.99. The van der Waals surface area contributed by atoms with Gasteiger partial charge >= 0.3 is 6.61 Å². The highest BCUT2D eigenvalue weighted by Gasteiger charge is 2.23. The van der Waals surface area contributed by atoms with Gasteiger partial charge in [-0.1, -0.05) is 23.2 Å². The molecule has 0 spiro atoms. The fourth-order valence-corrected chi connectivity index (χ4v) is 3.36. The Morgan fingerprint density at radius 3 is 2.82 bits per heavy atom. The minimum Gasteiger partial charge on any atom is -0.433 e. The molecule has 0 bridgehead atoms. The summed E-state index contributed by atoms with van der Waals surface area (Å²) in [6.45, 7) is -3.00. The average Bonchev–Trinajstić information content (AvgIpc) is 2.93. The molecule has 2 N–H and O–H groups in total. The summed E-state index contributed by atoms with van der Waals surface area (Å²) in [4.78, 5) is 11.9. The van der Waals surface area contributed by atoms with E-state index in [-0.39, 0.29) is 46.7 Å². The smallest absolute Gasteiger partial charge is 0.387 e. The van der Waals surface area contributed by atoms with Crippen LogP contribution in [0.3, 0.4) is 0 Å². The Kier molecular flexibility index (Phi) is 7.99. The summed E-state index contributed by atoms with van der Waals surface area (Å²) < 4.78 is 29.2. The normalized spacial score (nSPS) is 17.2. The van der Waals surface area contributed by atoms with Gasteiger partial charge in [0, 0.05) is 28.8 Å². The first-order valence-corrected chi connectivity index (χ1v) is 7.90. The molecule has 0 aromatic heterocycles. The summed E-state index contributed by atoms with van der Waals surface area (Å²) in [6, 6.07) is 2.45. The van der Waals surface area contributed by atoms with Crippen LogP contribution in [-0.2, 0) is 11.3 Å². The lowest BCUT2D eigenvalue weighted by Gasteiger charge is -2.15. The molecule has 1 fully saturated rings. The summed E-state index contributed by atoms with van der Waals surface area (Å²) in [6.07, 6.45) is 0. The first-order valence-electron chi connectivity index (χ1n) is 5.99.